The van der Waals surface area contributed by atoms with Crippen LogP contribution < -0.4 is 5.32 Å². The van der Waals surface area contributed by atoms with E-state index in [0.717, 1.165) is 17.8 Å². The minimum Gasteiger partial charge on any atom is -0.339 e. The number of rotatable bonds is 6. The molecule has 0 radical (unpaired) electrons. The molecule has 0 saturated carbocycles. The number of amides is 2. The summed E-state index contributed by atoms with van der Waals surface area (Å²) in [5.74, 6) is -0.496. The molecule has 2 heterocycles. The Balaban J connectivity index is 1.53. The van der Waals surface area contributed by atoms with E-state index < -0.39 is 5.82 Å². The molecule has 1 aromatic heterocycles. The van der Waals surface area contributed by atoms with Gasteiger partial charge < -0.3 is 10.2 Å². The van der Waals surface area contributed by atoms with Crippen LogP contribution in [0, 0.1) is 11.7 Å². The minimum absolute atomic E-state index is 0.0786. The van der Waals surface area contributed by atoms with Gasteiger partial charge in [-0.1, -0.05) is 31.3 Å². The van der Waals surface area contributed by atoms with Crippen molar-refractivity contribution in [1.82, 2.24) is 15.1 Å². The smallest absolute Gasteiger partial charge is 0.253 e. The van der Waals surface area contributed by atoms with Crippen molar-refractivity contribution in [2.24, 2.45) is 5.92 Å². The molecule has 0 atom stereocenters. The molecule has 2 aromatic rings. The number of hydrogen-bond donors (Lipinski definition) is 1. The Bertz CT molecular complexity index is 829. The first-order chi connectivity index (χ1) is 13.5. The van der Waals surface area contributed by atoms with Gasteiger partial charge in [-0.05, 0) is 43.9 Å². The zero-order valence-corrected chi connectivity index (χ0v) is 17.0. The van der Waals surface area contributed by atoms with Crippen LogP contribution in [0.4, 0.5) is 9.52 Å². The SMILES string of the molecule is CCC(CC)c1nnc(NC(=O)C2CCN(C(=O)c3cccc(F)c3)CC2)s1. The highest BCUT2D eigenvalue weighted by molar-refractivity contribution is 7.15. The minimum atomic E-state index is -0.426. The van der Waals surface area contributed by atoms with Gasteiger partial charge in [0, 0.05) is 30.5 Å². The third-order valence-corrected chi connectivity index (χ3v) is 6.23. The highest BCUT2D eigenvalue weighted by Crippen LogP contribution is 2.29. The molecule has 6 nitrogen and oxygen atoms in total. The topological polar surface area (TPSA) is 75.2 Å². The lowest BCUT2D eigenvalue weighted by Gasteiger charge is -2.31. The van der Waals surface area contributed by atoms with Crippen LogP contribution >= 0.6 is 11.3 Å². The Morgan fingerprint density at radius 1 is 1.25 bits per heavy atom. The first-order valence-corrected chi connectivity index (χ1v) is 10.5. The van der Waals surface area contributed by atoms with E-state index in [1.807, 2.05) is 0 Å². The summed E-state index contributed by atoms with van der Waals surface area (Å²) in [7, 11) is 0. The van der Waals surface area contributed by atoms with E-state index in [2.05, 4.69) is 29.4 Å². The van der Waals surface area contributed by atoms with Crippen molar-refractivity contribution >= 4 is 28.3 Å². The molecule has 0 aliphatic carbocycles. The van der Waals surface area contributed by atoms with E-state index in [1.165, 1.54) is 29.5 Å². The Kier molecular flexibility index (Phi) is 6.72. The van der Waals surface area contributed by atoms with Crippen molar-refractivity contribution in [2.75, 3.05) is 18.4 Å². The van der Waals surface area contributed by atoms with Gasteiger partial charge in [-0.2, -0.15) is 0 Å². The summed E-state index contributed by atoms with van der Waals surface area (Å²) in [5, 5.41) is 12.7. The van der Waals surface area contributed by atoms with Gasteiger partial charge in [0.2, 0.25) is 11.0 Å². The third-order valence-electron chi connectivity index (χ3n) is 5.23. The standard InChI is InChI=1S/C20H25FN4O2S/c1-3-13(4-2)18-23-24-20(28-18)22-17(26)14-8-10-25(11-9-14)19(27)15-6-5-7-16(21)12-15/h5-7,12-14H,3-4,8-11H2,1-2H3,(H,22,24,26). The summed E-state index contributed by atoms with van der Waals surface area (Å²) in [6.07, 6.45) is 3.14. The molecule has 3 rings (SSSR count). The van der Waals surface area contributed by atoms with E-state index >= 15 is 0 Å². The number of nitrogens with zero attached hydrogens (tertiary/aromatic N) is 3. The number of carbonyl (C=O) groups excluding carboxylic acids is 2. The maximum atomic E-state index is 13.3. The number of hydrogen-bond acceptors (Lipinski definition) is 5. The molecule has 1 aliphatic heterocycles. The van der Waals surface area contributed by atoms with E-state index in [-0.39, 0.29) is 17.7 Å². The average Bonchev–Trinajstić information content (AvgIpc) is 3.16. The summed E-state index contributed by atoms with van der Waals surface area (Å²) >= 11 is 1.43. The quantitative estimate of drug-likeness (QED) is 0.787. The van der Waals surface area contributed by atoms with Crippen molar-refractivity contribution in [3.8, 4) is 0 Å². The maximum Gasteiger partial charge on any atom is 0.253 e. The second-order valence-corrected chi connectivity index (χ2v) is 8.03. The zero-order valence-electron chi connectivity index (χ0n) is 16.2. The van der Waals surface area contributed by atoms with E-state index in [4.69, 9.17) is 0 Å². The second-order valence-electron chi connectivity index (χ2n) is 7.02. The van der Waals surface area contributed by atoms with Gasteiger partial charge in [0.05, 0.1) is 0 Å². The molecule has 150 valence electrons. The molecule has 8 heteroatoms. The maximum absolute atomic E-state index is 13.3. The summed E-state index contributed by atoms with van der Waals surface area (Å²) in [5.41, 5.74) is 0.339. The zero-order chi connectivity index (χ0) is 20.1. The summed E-state index contributed by atoms with van der Waals surface area (Å²) in [4.78, 5) is 26.7. The summed E-state index contributed by atoms with van der Waals surface area (Å²) < 4.78 is 13.3. The largest absolute Gasteiger partial charge is 0.339 e. The lowest BCUT2D eigenvalue weighted by molar-refractivity contribution is -0.121. The van der Waals surface area contributed by atoms with E-state index in [9.17, 15) is 14.0 Å². The van der Waals surface area contributed by atoms with Gasteiger partial charge in [0.15, 0.2) is 0 Å². The number of anilines is 1. The van der Waals surface area contributed by atoms with Crippen molar-refractivity contribution < 1.29 is 14.0 Å². The summed E-state index contributed by atoms with van der Waals surface area (Å²) in [6, 6.07) is 5.70. The Morgan fingerprint density at radius 2 is 1.96 bits per heavy atom. The molecular formula is C20H25FN4O2S. The van der Waals surface area contributed by atoms with Crippen LogP contribution in [-0.4, -0.2) is 40.0 Å². The van der Waals surface area contributed by atoms with Crippen molar-refractivity contribution in [3.63, 3.8) is 0 Å². The first-order valence-electron chi connectivity index (χ1n) is 9.70. The number of likely N-dealkylation sites (tertiary alicyclic amines) is 1. The van der Waals surface area contributed by atoms with Gasteiger partial charge in [-0.25, -0.2) is 4.39 Å². The van der Waals surface area contributed by atoms with Gasteiger partial charge in [0.25, 0.3) is 5.91 Å². The molecule has 1 aromatic carbocycles. The fourth-order valence-corrected chi connectivity index (χ4v) is 4.46. The number of carbonyl (C=O) groups is 2. The number of piperidine rings is 1. The fraction of sp³-hybridized carbons (Fsp3) is 0.500. The van der Waals surface area contributed by atoms with Crippen LogP contribution in [0.15, 0.2) is 24.3 Å². The summed E-state index contributed by atoms with van der Waals surface area (Å²) in [6.45, 7) is 5.19. The molecule has 0 bridgehead atoms. The van der Waals surface area contributed by atoms with Crippen LogP contribution in [0.25, 0.3) is 0 Å². The van der Waals surface area contributed by atoms with Gasteiger partial charge in [-0.15, -0.1) is 10.2 Å². The molecule has 0 unspecified atom stereocenters. The lowest BCUT2D eigenvalue weighted by atomic mass is 9.95. The third kappa shape index (κ3) is 4.73. The number of halogens is 1. The van der Waals surface area contributed by atoms with Crippen LogP contribution in [0.2, 0.25) is 0 Å². The molecule has 1 saturated heterocycles. The normalized spacial score (nSPS) is 15.1. The molecule has 1 N–H and O–H groups in total. The molecule has 1 fully saturated rings. The molecule has 0 spiro atoms. The first kappa shape index (κ1) is 20.4. The van der Waals surface area contributed by atoms with Crippen LogP contribution in [-0.2, 0) is 4.79 Å². The Labute approximate surface area is 168 Å². The molecule has 28 heavy (non-hydrogen) atoms. The predicted molar refractivity (Wildman–Crippen MR) is 107 cm³/mol. The number of aromatic nitrogens is 2. The van der Waals surface area contributed by atoms with Crippen LogP contribution in [0.1, 0.15) is 60.8 Å². The monoisotopic (exact) mass is 404 g/mol. The van der Waals surface area contributed by atoms with Crippen molar-refractivity contribution in [1.29, 1.82) is 0 Å². The fourth-order valence-electron chi connectivity index (χ4n) is 3.44. The Hall–Kier alpha value is -2.35. The second kappa shape index (κ2) is 9.23. The molecule has 2 amide bonds. The number of benzene rings is 1. The van der Waals surface area contributed by atoms with Crippen molar-refractivity contribution in [3.05, 3.63) is 40.7 Å². The highest BCUT2D eigenvalue weighted by Gasteiger charge is 2.28. The van der Waals surface area contributed by atoms with Gasteiger partial charge in [0.1, 0.15) is 10.8 Å². The molecule has 1 aliphatic rings. The molecular weight excluding hydrogens is 379 g/mol. The van der Waals surface area contributed by atoms with Gasteiger partial charge >= 0.3 is 0 Å². The van der Waals surface area contributed by atoms with Gasteiger partial charge in [-0.3, -0.25) is 9.59 Å². The Morgan fingerprint density at radius 3 is 2.61 bits per heavy atom. The van der Waals surface area contributed by atoms with Crippen molar-refractivity contribution in [2.45, 2.75) is 45.4 Å². The van der Waals surface area contributed by atoms with E-state index in [1.54, 1.807) is 11.0 Å². The average molecular weight is 405 g/mol. The van der Waals surface area contributed by atoms with Crippen LogP contribution in [0.5, 0.6) is 0 Å². The van der Waals surface area contributed by atoms with E-state index in [0.29, 0.717) is 42.5 Å². The predicted octanol–water partition coefficient (Wildman–Crippen LogP) is 4.07. The number of nitrogens with one attached hydrogen (secondary N) is 1. The highest BCUT2D eigenvalue weighted by atomic mass is 32.1. The lowest BCUT2D eigenvalue weighted by Crippen LogP contribution is -2.41. The van der Waals surface area contributed by atoms with Crippen LogP contribution in [0.3, 0.4) is 0 Å².